The Balaban J connectivity index is 1.42. The van der Waals surface area contributed by atoms with Crippen molar-refractivity contribution in [3.8, 4) is 23.0 Å². The summed E-state index contributed by atoms with van der Waals surface area (Å²) in [5, 5.41) is 26.5. The number of rotatable bonds is 13. The number of ether oxygens (including phenoxy) is 2. The second-order valence-electron chi connectivity index (χ2n) is 13.4. The van der Waals surface area contributed by atoms with Crippen molar-refractivity contribution in [2.75, 3.05) is 49.5 Å². The van der Waals surface area contributed by atoms with E-state index in [0.717, 1.165) is 41.2 Å². The molecule has 8 nitrogen and oxygen atoms in total. The number of hydrogen-bond donors (Lipinski definition) is 3. The van der Waals surface area contributed by atoms with Gasteiger partial charge in [0.15, 0.2) is 0 Å². The fraction of sp³-hybridized carbons (Fsp3) is 0.178. The van der Waals surface area contributed by atoms with E-state index in [1.807, 2.05) is 72.8 Å². The van der Waals surface area contributed by atoms with Crippen LogP contribution in [0.5, 0.6) is 23.0 Å². The number of phenols is 2. The van der Waals surface area contributed by atoms with Gasteiger partial charge >= 0.3 is 0 Å². The zero-order chi connectivity index (χ0) is 37.5. The van der Waals surface area contributed by atoms with E-state index < -0.39 is 13.6 Å². The van der Waals surface area contributed by atoms with E-state index in [1.165, 1.54) is 0 Å². The van der Waals surface area contributed by atoms with Crippen LogP contribution in [-0.4, -0.2) is 64.7 Å². The van der Waals surface area contributed by atoms with E-state index in [9.17, 15) is 10.2 Å². The van der Waals surface area contributed by atoms with Crippen LogP contribution in [0.15, 0.2) is 163 Å². The van der Waals surface area contributed by atoms with Crippen LogP contribution in [0.4, 0.5) is 11.4 Å². The van der Waals surface area contributed by atoms with Crippen LogP contribution in [-0.2, 0) is 5.16 Å². The van der Waals surface area contributed by atoms with E-state index in [1.54, 1.807) is 26.4 Å². The largest absolute Gasteiger partial charge is 0.507 e. The van der Waals surface area contributed by atoms with Gasteiger partial charge in [0.2, 0.25) is 0 Å². The predicted octanol–water partition coefficient (Wildman–Crippen LogP) is 8.12. The second kappa shape index (κ2) is 15.9. The van der Waals surface area contributed by atoms with Crippen LogP contribution in [0, 0.1) is 0 Å². The van der Waals surface area contributed by atoms with E-state index in [4.69, 9.17) is 14.5 Å². The van der Waals surface area contributed by atoms with Gasteiger partial charge in [0.05, 0.1) is 26.5 Å². The standard InChI is InChI=1S/C45H46N4O4Si/c1-52-38-24-26-40(42(50)32-38)44(34-16-8-4-9-17-34)46-28-29-47-45(35-18-10-5-11-19-35,41-27-25-39(53-2)33-43(41)51)54(3)48(36-20-12-6-13-21-36)30-31-49(54)37-22-14-7-15-23-37/h4-27,32-33,47,50-51H,28-31H2,1-3H3. The minimum atomic E-state index is -3.12. The zero-order valence-corrected chi connectivity index (χ0v) is 31.9. The molecular weight excluding hydrogens is 689 g/mol. The smallest absolute Gasteiger partial charge is 0.291 e. The van der Waals surface area contributed by atoms with Gasteiger partial charge in [0.25, 0.3) is 8.40 Å². The highest BCUT2D eigenvalue weighted by atomic mass is 28.3. The Labute approximate surface area is 318 Å². The number of methoxy groups -OCH3 is 2. The quantitative estimate of drug-likeness (QED) is 0.0628. The van der Waals surface area contributed by atoms with Gasteiger partial charge in [-0.05, 0) is 60.6 Å². The fourth-order valence-electron chi connectivity index (χ4n) is 8.03. The SMILES string of the molecule is COc1ccc(C(=NCCNC(c2ccccc2)(c2ccc(OC)cc2O)[Si]2(C)N(c3ccccc3)CCN2c2ccccc2)c2ccccc2)c(O)c1. The molecule has 54 heavy (non-hydrogen) atoms. The summed E-state index contributed by atoms with van der Waals surface area (Å²) in [6, 6.07) is 52.5. The topological polar surface area (TPSA) is 89.8 Å². The van der Waals surface area contributed by atoms with Gasteiger partial charge in [0.1, 0.15) is 28.2 Å². The molecule has 1 aliphatic rings. The third kappa shape index (κ3) is 6.68. The van der Waals surface area contributed by atoms with E-state index >= 15 is 0 Å². The molecule has 0 aliphatic carbocycles. The maximum Gasteiger partial charge on any atom is 0.291 e. The second-order valence-corrected chi connectivity index (χ2v) is 17.3. The number of benzene rings is 6. The number of anilines is 2. The lowest BCUT2D eigenvalue weighted by Gasteiger charge is -2.54. The van der Waals surface area contributed by atoms with Crippen LogP contribution >= 0.6 is 0 Å². The average molecular weight is 735 g/mol. The van der Waals surface area contributed by atoms with Crippen LogP contribution in [0.1, 0.15) is 22.3 Å². The van der Waals surface area contributed by atoms with Crippen molar-refractivity contribution in [3.05, 3.63) is 180 Å². The number of aliphatic imine (C=N–C) groups is 1. The number of aromatic hydroxyl groups is 2. The van der Waals surface area contributed by atoms with E-state index in [0.29, 0.717) is 35.9 Å². The Morgan fingerprint density at radius 3 is 1.69 bits per heavy atom. The molecule has 1 atom stereocenters. The monoisotopic (exact) mass is 734 g/mol. The molecule has 0 bridgehead atoms. The summed E-state index contributed by atoms with van der Waals surface area (Å²) in [5.41, 5.74) is 6.22. The Hall–Kier alpha value is -6.03. The van der Waals surface area contributed by atoms with Gasteiger partial charge < -0.3 is 34.1 Å². The first-order valence-corrected chi connectivity index (χ1v) is 20.6. The average Bonchev–Trinajstić information content (AvgIpc) is 3.58. The Morgan fingerprint density at radius 2 is 1.17 bits per heavy atom. The summed E-state index contributed by atoms with van der Waals surface area (Å²) >= 11 is 0. The normalized spacial score (nSPS) is 15.1. The molecule has 0 saturated carbocycles. The molecule has 0 radical (unpaired) electrons. The van der Waals surface area contributed by atoms with E-state index in [-0.39, 0.29) is 11.5 Å². The summed E-state index contributed by atoms with van der Waals surface area (Å²) in [6.45, 7) is 4.81. The molecule has 1 fully saturated rings. The summed E-state index contributed by atoms with van der Waals surface area (Å²) in [4.78, 5) is 5.18. The van der Waals surface area contributed by atoms with Crippen LogP contribution in [0.25, 0.3) is 0 Å². The fourth-order valence-corrected chi connectivity index (χ4v) is 13.4. The highest BCUT2D eigenvalue weighted by Crippen LogP contribution is 2.50. The number of para-hydroxylation sites is 2. The molecule has 3 N–H and O–H groups in total. The molecule has 1 heterocycles. The lowest BCUT2D eigenvalue weighted by atomic mass is 9.96. The van der Waals surface area contributed by atoms with Gasteiger partial charge in [-0.2, -0.15) is 0 Å². The number of nitrogens with one attached hydrogen (secondary N) is 1. The van der Waals surface area contributed by atoms with Crippen molar-refractivity contribution in [1.82, 2.24) is 5.32 Å². The van der Waals surface area contributed by atoms with Crippen LogP contribution in [0.3, 0.4) is 0 Å². The first kappa shape index (κ1) is 36.3. The Morgan fingerprint density at radius 1 is 0.667 bits per heavy atom. The van der Waals surface area contributed by atoms with Gasteiger partial charge in [0, 0.05) is 59.8 Å². The van der Waals surface area contributed by atoms with E-state index in [2.05, 4.69) is 93.8 Å². The summed E-state index contributed by atoms with van der Waals surface area (Å²) in [7, 11) is 0.0745. The number of hydrogen-bond acceptors (Lipinski definition) is 8. The first-order valence-electron chi connectivity index (χ1n) is 18.2. The molecule has 6 aromatic carbocycles. The maximum absolute atomic E-state index is 12.1. The maximum atomic E-state index is 12.1. The minimum Gasteiger partial charge on any atom is -0.507 e. The van der Waals surface area contributed by atoms with Crippen LogP contribution < -0.4 is 23.9 Å². The molecule has 1 aliphatic heterocycles. The van der Waals surface area contributed by atoms with Crippen molar-refractivity contribution in [1.29, 1.82) is 0 Å². The van der Waals surface area contributed by atoms with Crippen LogP contribution in [0.2, 0.25) is 6.55 Å². The summed E-state index contributed by atoms with van der Waals surface area (Å²) in [6.07, 6.45) is 0. The molecule has 1 saturated heterocycles. The summed E-state index contributed by atoms with van der Waals surface area (Å²) in [5.74, 6) is 1.38. The van der Waals surface area contributed by atoms with Gasteiger partial charge in [-0.25, -0.2) is 0 Å². The van der Waals surface area contributed by atoms with Gasteiger partial charge in [-0.1, -0.05) is 97.1 Å². The number of phenolic OH excluding ortho intramolecular Hbond substituents is 2. The van der Waals surface area contributed by atoms with Crippen molar-refractivity contribution in [2.45, 2.75) is 11.7 Å². The van der Waals surface area contributed by atoms with Crippen molar-refractivity contribution in [2.24, 2.45) is 4.99 Å². The van der Waals surface area contributed by atoms with Crippen molar-refractivity contribution >= 4 is 25.5 Å². The first-order chi connectivity index (χ1) is 26.4. The third-order valence-electron chi connectivity index (χ3n) is 10.5. The number of nitrogens with zero attached hydrogens (tertiary/aromatic N) is 3. The molecular formula is C45H46N4O4Si. The summed E-state index contributed by atoms with van der Waals surface area (Å²) < 4.78 is 16.1. The molecule has 0 aromatic heterocycles. The molecule has 1 unspecified atom stereocenters. The Kier molecular flexibility index (Phi) is 10.7. The minimum absolute atomic E-state index is 0.0922. The molecule has 0 spiro atoms. The predicted molar refractivity (Wildman–Crippen MR) is 221 cm³/mol. The molecule has 0 amide bonds. The highest BCUT2D eigenvalue weighted by molar-refractivity contribution is 6.89. The lowest BCUT2D eigenvalue weighted by molar-refractivity contribution is 0.401. The third-order valence-corrected chi connectivity index (χ3v) is 15.8. The molecule has 274 valence electrons. The lowest BCUT2D eigenvalue weighted by Crippen LogP contribution is -2.76. The highest BCUT2D eigenvalue weighted by Gasteiger charge is 2.64. The molecule has 6 aromatic rings. The zero-order valence-electron chi connectivity index (χ0n) is 30.9. The molecule has 9 heteroatoms. The van der Waals surface area contributed by atoms with Crippen molar-refractivity contribution < 1.29 is 19.7 Å². The Bertz CT molecular complexity index is 2140. The molecule has 7 rings (SSSR count). The van der Waals surface area contributed by atoms with Crippen molar-refractivity contribution in [3.63, 3.8) is 0 Å². The van der Waals surface area contributed by atoms with Gasteiger partial charge in [-0.3, -0.25) is 4.99 Å². The van der Waals surface area contributed by atoms with Gasteiger partial charge in [-0.15, -0.1) is 0 Å².